The van der Waals surface area contributed by atoms with Crippen LogP contribution in [0, 0.1) is 40.6 Å². The van der Waals surface area contributed by atoms with Gasteiger partial charge in [-0.2, -0.15) is 15.8 Å². The van der Waals surface area contributed by atoms with E-state index >= 15 is 0 Å². The monoisotopic (exact) mass is 1290 g/mol. The van der Waals surface area contributed by atoms with Crippen LogP contribution in [-0.4, -0.2) is 13.4 Å². The van der Waals surface area contributed by atoms with E-state index in [1.165, 1.54) is 66.2 Å². The third kappa shape index (κ3) is 9.40. The first-order valence-electron chi connectivity index (χ1n) is 35.4. The molecule has 0 aromatic heterocycles. The van der Waals surface area contributed by atoms with Crippen molar-refractivity contribution in [3.63, 3.8) is 0 Å². The first-order valence-corrected chi connectivity index (χ1v) is 35.4. The minimum absolute atomic E-state index is 0.172. The maximum atomic E-state index is 11.5. The molecule has 0 aliphatic carbocycles. The molecule has 486 valence electrons. The van der Waals surface area contributed by atoms with Crippen molar-refractivity contribution in [1.29, 1.82) is 15.8 Å². The molecule has 16 rings (SSSR count). The molecule has 0 atom stereocenters. The predicted octanol–water partition coefficient (Wildman–Crippen LogP) is 20.4. The summed E-state index contributed by atoms with van der Waals surface area (Å²) in [5.74, 6) is 0. The zero-order valence-corrected chi connectivity index (χ0v) is 61.0. The fraction of sp³-hybridized carbons (Fsp3) is 0.261. The summed E-state index contributed by atoms with van der Waals surface area (Å²) in [4.78, 5) is 8.71. The lowest BCUT2D eigenvalue weighted by Crippen LogP contribution is -2.60. The van der Waals surface area contributed by atoms with Gasteiger partial charge < -0.3 is 9.80 Å². The lowest BCUT2D eigenvalue weighted by atomic mass is 9.31. The van der Waals surface area contributed by atoms with E-state index in [9.17, 15) is 15.8 Å². The van der Waals surface area contributed by atoms with Gasteiger partial charge in [0.1, 0.15) is 0 Å². The predicted molar refractivity (Wildman–Crippen MR) is 423 cm³/mol. The molecule has 12 aromatic carbocycles. The van der Waals surface area contributed by atoms with E-state index in [2.05, 4.69) is 303 Å². The van der Waals surface area contributed by atoms with Crippen LogP contribution in [0.3, 0.4) is 0 Å². The van der Waals surface area contributed by atoms with Crippen LogP contribution in [-0.2, 0) is 32.5 Å². The van der Waals surface area contributed by atoms with E-state index in [0.717, 1.165) is 111 Å². The second-order valence-corrected chi connectivity index (χ2v) is 34.9. The molecule has 0 unspecified atom stereocenters. The zero-order valence-electron chi connectivity index (χ0n) is 61.0. The number of nitrogens with zero attached hydrogens (tertiary/aromatic N) is 6. The summed E-state index contributed by atoms with van der Waals surface area (Å²) < 4.78 is 0. The average Bonchev–Trinajstić information content (AvgIpc) is 0.663. The Labute approximate surface area is 591 Å². The molecule has 0 fully saturated rings. The van der Waals surface area contributed by atoms with Crippen molar-refractivity contribution in [2.45, 2.75) is 157 Å². The van der Waals surface area contributed by atoms with E-state index in [-0.39, 0.29) is 45.9 Å². The number of hydrogen-bond acceptors (Lipinski definition) is 5. The van der Waals surface area contributed by atoms with Crippen LogP contribution in [0.4, 0.5) is 39.8 Å². The van der Waals surface area contributed by atoms with Crippen molar-refractivity contribution < 1.29 is 0 Å². The third-order valence-corrected chi connectivity index (χ3v) is 22.2. The Bertz CT molecular complexity index is 5350. The average molecular weight is 1290 g/mol. The van der Waals surface area contributed by atoms with E-state index in [0.29, 0.717) is 22.4 Å². The molecule has 8 heteroatoms. The fourth-order valence-corrected chi connectivity index (χ4v) is 17.5. The van der Waals surface area contributed by atoms with Crippen molar-refractivity contribution in [1.82, 2.24) is 0 Å². The first kappa shape index (κ1) is 64.1. The molecule has 0 amide bonds. The molecule has 0 saturated carbocycles. The highest BCUT2D eigenvalue weighted by atomic mass is 15.2. The van der Waals surface area contributed by atoms with Gasteiger partial charge in [0.05, 0.1) is 41.5 Å². The lowest BCUT2D eigenvalue weighted by molar-refractivity contribution is 0.550. The summed E-state index contributed by atoms with van der Waals surface area (Å²) in [5.41, 5.74) is 29.4. The molecule has 4 aliphatic heterocycles. The number of benzene rings is 12. The maximum absolute atomic E-state index is 11.5. The van der Waals surface area contributed by atoms with Crippen LogP contribution in [0.25, 0.3) is 81.7 Å². The summed E-state index contributed by atoms with van der Waals surface area (Å²) in [6, 6.07) is 70.2. The van der Waals surface area contributed by atoms with Crippen molar-refractivity contribution in [2.24, 2.45) is 0 Å². The second-order valence-electron chi connectivity index (χ2n) is 34.9. The van der Waals surface area contributed by atoms with Crippen molar-refractivity contribution in [2.75, 3.05) is 9.80 Å². The number of fused-ring (bicyclic) bond motifs is 8. The number of rotatable bonds is 4. The van der Waals surface area contributed by atoms with Crippen molar-refractivity contribution in [3.05, 3.63) is 231 Å². The smallest absolute Gasteiger partial charge is 0.248 e. The van der Waals surface area contributed by atoms with Gasteiger partial charge in [-0.15, -0.1) is 0 Å². The molecule has 0 saturated heterocycles. The van der Waals surface area contributed by atoms with Crippen molar-refractivity contribution in [3.8, 4) is 62.7 Å². The zero-order chi connectivity index (χ0) is 70.7. The lowest BCUT2D eigenvalue weighted by Gasteiger charge is -2.43. The highest BCUT2D eigenvalue weighted by Crippen LogP contribution is 2.57. The molecule has 4 aliphatic rings. The topological polar surface area (TPSA) is 82.2 Å². The normalized spacial score (nSPS) is 13.8. The number of nitriles is 3. The number of anilines is 6. The number of para-hydroxylation sites is 2. The van der Waals surface area contributed by atoms with E-state index in [1.54, 1.807) is 0 Å². The molecule has 0 spiro atoms. The summed E-state index contributed by atoms with van der Waals surface area (Å²) in [5, 5.41) is 40.9. The van der Waals surface area contributed by atoms with Gasteiger partial charge in [-0.1, -0.05) is 227 Å². The Balaban J connectivity index is 1.22. The van der Waals surface area contributed by atoms with Crippen LogP contribution in [0.2, 0.25) is 0 Å². The first-order chi connectivity index (χ1) is 47.2. The van der Waals surface area contributed by atoms with Crippen LogP contribution in [0.1, 0.15) is 175 Å². The maximum Gasteiger partial charge on any atom is 0.248 e. The van der Waals surface area contributed by atoms with Gasteiger partial charge >= 0.3 is 0 Å². The van der Waals surface area contributed by atoms with Gasteiger partial charge in [0.15, 0.2) is 5.69 Å². The molecular formula is C92H82B2N6. The molecule has 100 heavy (non-hydrogen) atoms. The molecule has 6 nitrogen and oxygen atoms in total. The van der Waals surface area contributed by atoms with Gasteiger partial charge in [0.25, 0.3) is 0 Å². The fourth-order valence-electron chi connectivity index (χ4n) is 17.5. The largest absolute Gasteiger partial charge is 0.313 e. The molecule has 12 aromatic rings. The third-order valence-electron chi connectivity index (χ3n) is 22.2. The Hall–Kier alpha value is -10.6. The molecule has 0 N–H and O–H groups in total. The minimum Gasteiger partial charge on any atom is -0.313 e. The van der Waals surface area contributed by atoms with Gasteiger partial charge in [-0.25, -0.2) is 4.85 Å². The summed E-state index contributed by atoms with van der Waals surface area (Å²) in [6.07, 6.45) is 0. The van der Waals surface area contributed by atoms with Crippen molar-refractivity contribution >= 4 is 118 Å². The van der Waals surface area contributed by atoms with Gasteiger partial charge in [-0.3, -0.25) is 0 Å². The SMILES string of the molecule is [C-]#[N+]c1ccc2c(c1)N(c1ccccc1)c1cc(C#N)cc3c1B2c1cc2c(-c4c(C(C)(C)C)cc(C(C)(C)C)cc4C(C)(C)C)cc4c5c(cc6c(-c7c(C(C)(C)C)cc(C(C)(C)C)cc7C(C)(C)C)cc-3c1c6c25)B1c2ccc(C#N)cc2N(c2ccccc2)c2cc(C#N)cc-4c21. The van der Waals surface area contributed by atoms with Crippen LogP contribution >= 0.6 is 0 Å². The standard InChI is InChI=1S/C92H82B2N6/c1-87(2,3)54-39-67(89(7,8)9)79(68(40-54)90(10,11)12)59-45-62-66-35-53(50-97)38-78-86(66)94(72-33-31-56(98-19)43-76(72)100(78)58-28-24-21-25-29-58)74-47-64-60(80-69(91(13,14)15)41-55(88(4,5)6)42-70(80)92(16,17)18)44-61-65-34-52(49-96)37-77-85(65)93(73-46-63(59)84(82(62)74)83(64)81(61)73)71-32-30-51(48-95)36-75(71)99(77)57-26-22-20-23-27-57/h20-47H,1-18H3. The van der Waals surface area contributed by atoms with Crippen LogP contribution < -0.4 is 42.6 Å². The Morgan fingerprint density at radius 2 is 0.690 bits per heavy atom. The molecule has 0 radical (unpaired) electrons. The summed E-state index contributed by atoms with van der Waals surface area (Å²) >= 11 is 0. The molecule has 4 heterocycles. The highest BCUT2D eigenvalue weighted by Gasteiger charge is 2.48. The second kappa shape index (κ2) is 21.4. The van der Waals surface area contributed by atoms with E-state index in [4.69, 9.17) is 6.57 Å². The molecular weight excluding hydrogens is 1210 g/mol. The Morgan fingerprint density at radius 1 is 0.330 bits per heavy atom. The van der Waals surface area contributed by atoms with Crippen LogP contribution in [0.15, 0.2) is 170 Å². The molecule has 0 bridgehead atoms. The van der Waals surface area contributed by atoms with Crippen LogP contribution in [0.5, 0.6) is 0 Å². The van der Waals surface area contributed by atoms with Gasteiger partial charge in [0, 0.05) is 34.1 Å². The minimum atomic E-state index is -0.341. The van der Waals surface area contributed by atoms with E-state index in [1.807, 2.05) is 24.3 Å². The van der Waals surface area contributed by atoms with Gasteiger partial charge in [0.2, 0.25) is 13.4 Å². The Kier molecular flexibility index (Phi) is 13.7. The quantitative estimate of drug-likeness (QED) is 0.0996. The Morgan fingerprint density at radius 3 is 1.04 bits per heavy atom. The highest BCUT2D eigenvalue weighted by molar-refractivity contribution is 7.02. The van der Waals surface area contributed by atoms with E-state index < -0.39 is 0 Å². The summed E-state index contributed by atoms with van der Waals surface area (Å²) in [6.45, 7) is 50.4. The summed E-state index contributed by atoms with van der Waals surface area (Å²) in [7, 11) is 0. The van der Waals surface area contributed by atoms with Gasteiger partial charge in [-0.05, 0) is 243 Å². The number of hydrogen-bond donors (Lipinski definition) is 0.